The molecule has 0 unspecified atom stereocenters. The lowest BCUT2D eigenvalue weighted by molar-refractivity contribution is 0.171. The number of hydrogen-bond acceptors (Lipinski definition) is 7. The Morgan fingerprint density at radius 2 is 2.07 bits per heavy atom. The van der Waals surface area contributed by atoms with Gasteiger partial charge in [-0.15, -0.1) is 22.7 Å². The Hall–Kier alpha value is -3.10. The Morgan fingerprint density at radius 3 is 2.93 bits per heavy atom. The van der Waals surface area contributed by atoms with Crippen molar-refractivity contribution < 1.29 is 14.2 Å². The molecule has 3 heterocycles. The van der Waals surface area contributed by atoms with Crippen molar-refractivity contribution in [1.29, 1.82) is 0 Å². The summed E-state index contributed by atoms with van der Waals surface area (Å²) in [7, 11) is 1.57. The number of aromatic amines is 1. The van der Waals surface area contributed by atoms with Gasteiger partial charge in [0.15, 0.2) is 11.5 Å². The lowest BCUT2D eigenvalue weighted by atomic mass is 10.2. The predicted molar refractivity (Wildman–Crippen MR) is 110 cm³/mol. The standard InChI is InChI=1S/C20H14N2O4S2/c1-24-13-6-11(7-14-19(13)26-10-25-14)8-16-20(23)22-18(28-16)9-17-21-12-4-2-3-5-15(12)27-17/h2-9H,10H2,1H3,(H,22,23)/b16-8-,18-9+. The number of H-pyrrole nitrogens is 1. The van der Waals surface area contributed by atoms with E-state index in [4.69, 9.17) is 14.2 Å². The number of nitrogens with one attached hydrogen (secondary N) is 1. The van der Waals surface area contributed by atoms with Crippen molar-refractivity contribution in [1.82, 2.24) is 9.97 Å². The number of ether oxygens (including phenoxy) is 3. The average Bonchev–Trinajstić information content (AvgIpc) is 3.39. The summed E-state index contributed by atoms with van der Waals surface area (Å²) < 4.78 is 18.7. The van der Waals surface area contributed by atoms with Crippen molar-refractivity contribution in [3.63, 3.8) is 0 Å². The molecule has 1 aliphatic rings. The van der Waals surface area contributed by atoms with Gasteiger partial charge in [-0.1, -0.05) is 12.1 Å². The van der Waals surface area contributed by atoms with Crippen LogP contribution in [-0.4, -0.2) is 23.9 Å². The number of aromatic nitrogens is 2. The second-order valence-electron chi connectivity index (χ2n) is 6.05. The monoisotopic (exact) mass is 410 g/mol. The van der Waals surface area contributed by atoms with Crippen molar-refractivity contribution in [3.8, 4) is 17.2 Å². The molecule has 0 saturated carbocycles. The number of rotatable bonds is 3. The van der Waals surface area contributed by atoms with E-state index in [1.54, 1.807) is 18.4 Å². The minimum Gasteiger partial charge on any atom is -0.493 e. The second-order valence-corrected chi connectivity index (χ2v) is 8.20. The maximum Gasteiger partial charge on any atom is 0.266 e. The van der Waals surface area contributed by atoms with E-state index < -0.39 is 0 Å². The molecule has 0 radical (unpaired) electrons. The Balaban J connectivity index is 1.57. The minimum atomic E-state index is -0.144. The fraction of sp³-hybridized carbons (Fsp3) is 0.100. The number of methoxy groups -OCH3 is 1. The van der Waals surface area contributed by atoms with Gasteiger partial charge in [0.25, 0.3) is 5.56 Å². The van der Waals surface area contributed by atoms with Crippen LogP contribution in [0.5, 0.6) is 17.2 Å². The Morgan fingerprint density at radius 1 is 1.18 bits per heavy atom. The van der Waals surface area contributed by atoms with Gasteiger partial charge in [-0.05, 0) is 35.9 Å². The highest BCUT2D eigenvalue weighted by molar-refractivity contribution is 7.19. The van der Waals surface area contributed by atoms with E-state index in [2.05, 4.69) is 9.97 Å². The molecule has 0 fully saturated rings. The molecule has 1 N–H and O–H groups in total. The summed E-state index contributed by atoms with van der Waals surface area (Å²) in [6.45, 7) is 0.163. The second kappa shape index (κ2) is 6.81. The summed E-state index contributed by atoms with van der Waals surface area (Å²) in [4.78, 5) is 19.9. The van der Waals surface area contributed by atoms with Gasteiger partial charge in [0.1, 0.15) is 5.01 Å². The fourth-order valence-corrected chi connectivity index (χ4v) is 4.85. The average molecular weight is 410 g/mol. The number of benzene rings is 2. The van der Waals surface area contributed by atoms with Crippen molar-refractivity contribution in [2.45, 2.75) is 0 Å². The summed E-state index contributed by atoms with van der Waals surface area (Å²) in [6.07, 6.45) is 3.71. The van der Waals surface area contributed by atoms with E-state index >= 15 is 0 Å². The Kier molecular flexibility index (Phi) is 4.14. The Labute approximate surface area is 167 Å². The van der Waals surface area contributed by atoms with Crippen molar-refractivity contribution >= 4 is 45.0 Å². The third-order valence-corrected chi connectivity index (χ3v) is 6.17. The topological polar surface area (TPSA) is 73.4 Å². The summed E-state index contributed by atoms with van der Waals surface area (Å²) in [5.74, 6) is 1.78. The van der Waals surface area contributed by atoms with E-state index in [1.807, 2.05) is 48.6 Å². The van der Waals surface area contributed by atoms with Gasteiger partial charge in [0.05, 0.1) is 26.5 Å². The van der Waals surface area contributed by atoms with Gasteiger partial charge in [-0.2, -0.15) is 0 Å². The van der Waals surface area contributed by atoms with Crippen LogP contribution in [0.4, 0.5) is 0 Å². The Bertz CT molecular complexity index is 1330. The number of fused-ring (bicyclic) bond motifs is 2. The molecule has 0 amide bonds. The van der Waals surface area contributed by atoms with Crippen LogP contribution >= 0.6 is 22.7 Å². The minimum absolute atomic E-state index is 0.144. The first-order chi connectivity index (χ1) is 13.7. The number of para-hydroxylation sites is 1. The fourth-order valence-electron chi connectivity index (χ4n) is 2.97. The van der Waals surface area contributed by atoms with Crippen LogP contribution in [0.15, 0.2) is 41.2 Å². The molecule has 0 atom stereocenters. The zero-order valence-electron chi connectivity index (χ0n) is 14.7. The van der Waals surface area contributed by atoms with E-state index in [-0.39, 0.29) is 12.4 Å². The van der Waals surface area contributed by atoms with Gasteiger partial charge in [-0.3, -0.25) is 4.79 Å². The van der Waals surface area contributed by atoms with E-state index in [9.17, 15) is 4.79 Å². The third kappa shape index (κ3) is 3.06. The first kappa shape index (κ1) is 17.0. The summed E-state index contributed by atoms with van der Waals surface area (Å²) in [5.41, 5.74) is 1.62. The zero-order chi connectivity index (χ0) is 19.1. The number of hydrogen-bond donors (Lipinski definition) is 1. The summed E-state index contributed by atoms with van der Waals surface area (Å²) in [5, 5.41) is 0.856. The molecule has 2 aromatic heterocycles. The van der Waals surface area contributed by atoms with Crippen LogP contribution in [0.3, 0.4) is 0 Å². The van der Waals surface area contributed by atoms with Gasteiger partial charge in [-0.25, -0.2) is 4.98 Å². The molecule has 0 aliphatic carbocycles. The van der Waals surface area contributed by atoms with E-state index in [0.717, 1.165) is 25.5 Å². The molecule has 4 aromatic rings. The molecule has 0 saturated heterocycles. The quantitative estimate of drug-likeness (QED) is 0.562. The molecule has 1 aliphatic heterocycles. The lowest BCUT2D eigenvalue weighted by Gasteiger charge is -2.05. The molecule has 5 rings (SSSR count). The number of nitrogens with zero attached hydrogens (tertiary/aromatic N) is 1. The first-order valence-electron chi connectivity index (χ1n) is 8.45. The van der Waals surface area contributed by atoms with Gasteiger partial charge in [0, 0.05) is 6.08 Å². The third-order valence-electron chi connectivity index (χ3n) is 4.22. The highest BCUT2D eigenvalue weighted by atomic mass is 32.1. The molecule has 140 valence electrons. The van der Waals surface area contributed by atoms with Gasteiger partial charge in [0.2, 0.25) is 12.5 Å². The van der Waals surface area contributed by atoms with Gasteiger partial charge < -0.3 is 19.2 Å². The summed E-state index contributed by atoms with van der Waals surface area (Å²) >= 11 is 2.97. The lowest BCUT2D eigenvalue weighted by Crippen LogP contribution is -2.19. The van der Waals surface area contributed by atoms with Crippen LogP contribution in [0, 0.1) is 0 Å². The van der Waals surface area contributed by atoms with Crippen LogP contribution < -0.4 is 29.0 Å². The molecule has 0 spiro atoms. The molecule has 28 heavy (non-hydrogen) atoms. The molecule has 6 nitrogen and oxygen atoms in total. The van der Waals surface area contributed by atoms with E-state index in [1.165, 1.54) is 11.3 Å². The SMILES string of the molecule is COc1cc(/C=c2\s/c(=C/c3nc4ccccc4s3)[nH]c2=O)cc2c1OCO2. The molecular weight excluding hydrogens is 396 g/mol. The zero-order valence-corrected chi connectivity index (χ0v) is 16.4. The molecular formula is C20H14N2O4S2. The first-order valence-corrected chi connectivity index (χ1v) is 10.1. The smallest absolute Gasteiger partial charge is 0.266 e. The maximum atomic E-state index is 12.4. The van der Waals surface area contributed by atoms with Crippen LogP contribution in [0.1, 0.15) is 10.6 Å². The predicted octanol–water partition coefficient (Wildman–Crippen LogP) is 2.44. The van der Waals surface area contributed by atoms with Crippen molar-refractivity contribution in [3.05, 3.63) is 66.5 Å². The van der Waals surface area contributed by atoms with Crippen molar-refractivity contribution in [2.24, 2.45) is 0 Å². The normalized spacial score (nSPS) is 14.2. The van der Waals surface area contributed by atoms with Crippen LogP contribution in [0.25, 0.3) is 22.4 Å². The molecule has 8 heteroatoms. The number of thiazole rings is 2. The maximum absolute atomic E-state index is 12.4. The van der Waals surface area contributed by atoms with Crippen LogP contribution in [0.2, 0.25) is 0 Å². The summed E-state index contributed by atoms with van der Waals surface area (Å²) in [6, 6.07) is 11.6. The largest absolute Gasteiger partial charge is 0.493 e. The molecule has 0 bridgehead atoms. The highest BCUT2D eigenvalue weighted by Crippen LogP contribution is 2.41. The highest BCUT2D eigenvalue weighted by Gasteiger charge is 2.19. The van der Waals surface area contributed by atoms with Crippen molar-refractivity contribution in [2.75, 3.05) is 13.9 Å². The molecule has 2 aromatic carbocycles. The van der Waals surface area contributed by atoms with Crippen LogP contribution in [-0.2, 0) is 0 Å². The van der Waals surface area contributed by atoms with E-state index in [0.29, 0.717) is 21.8 Å². The van der Waals surface area contributed by atoms with Gasteiger partial charge >= 0.3 is 0 Å².